The lowest BCUT2D eigenvalue weighted by Crippen LogP contribution is -1.77. The molecule has 2 aliphatic carbocycles. The predicted molar refractivity (Wildman–Crippen MR) is 30.0 cm³/mol. The quantitative estimate of drug-likeness (QED) is 0.468. The monoisotopic (exact) mass is 96.1 g/mol. The first-order valence-electron chi connectivity index (χ1n) is 3.38. The summed E-state index contributed by atoms with van der Waals surface area (Å²) in [7, 11) is 0. The van der Waals surface area contributed by atoms with Gasteiger partial charge in [-0.05, 0) is 37.0 Å². The molecule has 0 nitrogen and oxygen atoms in total. The van der Waals surface area contributed by atoms with E-state index in [2.05, 4.69) is 6.92 Å². The molecule has 1 unspecified atom stereocenters. The van der Waals surface area contributed by atoms with Gasteiger partial charge in [-0.15, -0.1) is 0 Å². The van der Waals surface area contributed by atoms with E-state index in [-0.39, 0.29) is 0 Å². The molecule has 0 aromatic heterocycles. The molecule has 7 heavy (non-hydrogen) atoms. The number of rotatable bonds is 1. The van der Waals surface area contributed by atoms with E-state index in [1.807, 2.05) is 0 Å². The van der Waals surface area contributed by atoms with Crippen molar-refractivity contribution in [2.75, 3.05) is 0 Å². The molecule has 0 bridgehead atoms. The second-order valence-electron chi connectivity index (χ2n) is 3.21. The Bertz CT molecular complexity index is 82.0. The SMILES string of the molecule is C[C@@H]1CC1C1CC1. The van der Waals surface area contributed by atoms with Crippen molar-refractivity contribution >= 4 is 0 Å². The summed E-state index contributed by atoms with van der Waals surface area (Å²) in [4.78, 5) is 0. The van der Waals surface area contributed by atoms with E-state index in [4.69, 9.17) is 0 Å². The van der Waals surface area contributed by atoms with E-state index < -0.39 is 0 Å². The summed E-state index contributed by atoms with van der Waals surface area (Å²) >= 11 is 0. The van der Waals surface area contributed by atoms with Crippen LogP contribution in [0.3, 0.4) is 0 Å². The van der Waals surface area contributed by atoms with Crippen LogP contribution in [0.5, 0.6) is 0 Å². The van der Waals surface area contributed by atoms with E-state index in [0.29, 0.717) is 0 Å². The molecule has 0 heterocycles. The first-order valence-corrected chi connectivity index (χ1v) is 3.38. The maximum Gasteiger partial charge on any atom is -0.0357 e. The van der Waals surface area contributed by atoms with Crippen molar-refractivity contribution in [1.82, 2.24) is 0 Å². The van der Waals surface area contributed by atoms with Crippen LogP contribution in [0.1, 0.15) is 26.2 Å². The van der Waals surface area contributed by atoms with Gasteiger partial charge < -0.3 is 0 Å². The molecule has 0 aliphatic heterocycles. The van der Waals surface area contributed by atoms with Gasteiger partial charge in [0.25, 0.3) is 0 Å². The Labute approximate surface area is 44.9 Å². The average Bonchev–Trinajstić information content (AvgIpc) is 2.23. The summed E-state index contributed by atoms with van der Waals surface area (Å²) < 4.78 is 0. The van der Waals surface area contributed by atoms with Crippen molar-refractivity contribution in [3.05, 3.63) is 0 Å². The molecule has 0 spiro atoms. The van der Waals surface area contributed by atoms with Gasteiger partial charge >= 0.3 is 0 Å². The van der Waals surface area contributed by atoms with Gasteiger partial charge in [-0.2, -0.15) is 0 Å². The molecule has 0 saturated heterocycles. The van der Waals surface area contributed by atoms with Crippen molar-refractivity contribution in [2.45, 2.75) is 26.2 Å². The zero-order valence-electron chi connectivity index (χ0n) is 4.85. The topological polar surface area (TPSA) is 0 Å². The minimum atomic E-state index is 1.10. The first-order chi connectivity index (χ1) is 3.38. The molecule has 2 aliphatic rings. The summed E-state index contributed by atoms with van der Waals surface area (Å²) in [5, 5.41) is 0. The van der Waals surface area contributed by atoms with Gasteiger partial charge in [0.2, 0.25) is 0 Å². The Morgan fingerprint density at radius 1 is 1.29 bits per heavy atom. The second kappa shape index (κ2) is 1.04. The van der Waals surface area contributed by atoms with Gasteiger partial charge in [0.15, 0.2) is 0 Å². The maximum atomic E-state index is 2.38. The van der Waals surface area contributed by atoms with Crippen LogP contribution in [0.2, 0.25) is 0 Å². The lowest BCUT2D eigenvalue weighted by atomic mass is 10.2. The molecule has 2 atom stereocenters. The molecule has 2 rings (SSSR count). The predicted octanol–water partition coefficient (Wildman–Crippen LogP) is 2.05. The lowest BCUT2D eigenvalue weighted by molar-refractivity contribution is 0.658. The standard InChI is InChI=1S/C7H12/c1-5-4-7(5)6-2-3-6/h5-7H,2-4H2,1H3/t5-,7?/m1/s1. The van der Waals surface area contributed by atoms with E-state index in [1.165, 1.54) is 11.8 Å². The molecule has 0 aromatic rings. The summed E-state index contributed by atoms with van der Waals surface area (Å²) in [6.45, 7) is 2.38. The number of hydrogen-bond donors (Lipinski definition) is 0. The molecule has 0 heteroatoms. The second-order valence-corrected chi connectivity index (χ2v) is 3.21. The third kappa shape index (κ3) is 0.568. The molecule has 0 amide bonds. The van der Waals surface area contributed by atoms with Crippen LogP contribution in [0.4, 0.5) is 0 Å². The van der Waals surface area contributed by atoms with Gasteiger partial charge in [0, 0.05) is 0 Å². The fourth-order valence-corrected chi connectivity index (χ4v) is 1.53. The molecule has 2 fully saturated rings. The highest BCUT2D eigenvalue weighted by Crippen LogP contribution is 2.53. The van der Waals surface area contributed by atoms with E-state index in [0.717, 1.165) is 5.92 Å². The Hall–Kier alpha value is 0. The van der Waals surface area contributed by atoms with Crippen molar-refractivity contribution in [3.63, 3.8) is 0 Å². The molecular weight excluding hydrogens is 84.1 g/mol. The highest BCUT2D eigenvalue weighted by atomic mass is 14.5. The van der Waals surface area contributed by atoms with Gasteiger partial charge in [0.1, 0.15) is 0 Å². The van der Waals surface area contributed by atoms with Gasteiger partial charge in [-0.3, -0.25) is 0 Å². The minimum absolute atomic E-state index is 1.10. The van der Waals surface area contributed by atoms with Crippen LogP contribution in [0.15, 0.2) is 0 Å². The molecule has 0 N–H and O–H groups in total. The Balaban J connectivity index is 1.88. The summed E-state index contributed by atoms with van der Waals surface area (Å²) in [6.07, 6.45) is 4.65. The zero-order valence-corrected chi connectivity index (χ0v) is 4.85. The van der Waals surface area contributed by atoms with Crippen molar-refractivity contribution in [2.24, 2.45) is 17.8 Å². The van der Waals surface area contributed by atoms with Crippen LogP contribution < -0.4 is 0 Å². The Morgan fingerprint density at radius 2 is 1.86 bits per heavy atom. The van der Waals surface area contributed by atoms with E-state index in [9.17, 15) is 0 Å². The lowest BCUT2D eigenvalue weighted by Gasteiger charge is -1.83. The summed E-state index contributed by atoms with van der Waals surface area (Å²) in [5.41, 5.74) is 0. The van der Waals surface area contributed by atoms with Crippen LogP contribution in [-0.4, -0.2) is 0 Å². The van der Waals surface area contributed by atoms with Crippen LogP contribution >= 0.6 is 0 Å². The Kier molecular flexibility index (Phi) is 0.586. The Morgan fingerprint density at radius 3 is 2.00 bits per heavy atom. The van der Waals surface area contributed by atoms with Crippen LogP contribution in [0, 0.1) is 17.8 Å². The minimum Gasteiger partial charge on any atom is -0.0622 e. The third-order valence-corrected chi connectivity index (χ3v) is 2.40. The fraction of sp³-hybridized carbons (Fsp3) is 1.00. The van der Waals surface area contributed by atoms with Gasteiger partial charge in [0.05, 0.1) is 0 Å². The number of hydrogen-bond acceptors (Lipinski definition) is 0. The highest BCUT2D eigenvalue weighted by Gasteiger charge is 2.44. The van der Waals surface area contributed by atoms with Crippen LogP contribution in [-0.2, 0) is 0 Å². The van der Waals surface area contributed by atoms with Crippen molar-refractivity contribution in [3.8, 4) is 0 Å². The zero-order chi connectivity index (χ0) is 4.85. The molecule has 0 radical (unpaired) electrons. The van der Waals surface area contributed by atoms with E-state index >= 15 is 0 Å². The van der Waals surface area contributed by atoms with Gasteiger partial charge in [-0.1, -0.05) is 6.92 Å². The molecule has 40 valence electrons. The van der Waals surface area contributed by atoms with Crippen molar-refractivity contribution < 1.29 is 0 Å². The first kappa shape index (κ1) is 3.94. The average molecular weight is 96.2 g/mol. The maximum absolute atomic E-state index is 2.38. The normalized spacial score (nSPS) is 49.3. The summed E-state index contributed by atoms with van der Waals surface area (Å²) in [6, 6.07) is 0. The molecule has 0 aromatic carbocycles. The fourth-order valence-electron chi connectivity index (χ4n) is 1.53. The van der Waals surface area contributed by atoms with Crippen LogP contribution in [0.25, 0.3) is 0 Å². The highest BCUT2D eigenvalue weighted by molar-refractivity contribution is 4.94. The third-order valence-electron chi connectivity index (χ3n) is 2.40. The smallest absolute Gasteiger partial charge is 0.0357 e. The molecule has 2 saturated carbocycles. The summed E-state index contributed by atoms with van der Waals surface area (Å²) in [5.74, 6) is 3.47. The van der Waals surface area contributed by atoms with E-state index in [1.54, 1.807) is 19.3 Å². The van der Waals surface area contributed by atoms with Gasteiger partial charge in [-0.25, -0.2) is 0 Å². The molecular formula is C7H12. The van der Waals surface area contributed by atoms with Crippen molar-refractivity contribution in [1.29, 1.82) is 0 Å². The largest absolute Gasteiger partial charge is 0.0622 e.